The summed E-state index contributed by atoms with van der Waals surface area (Å²) in [5.41, 5.74) is 2.49. The smallest absolute Gasteiger partial charge is 0.245 e. The van der Waals surface area contributed by atoms with Gasteiger partial charge in [-0.05, 0) is 49.2 Å². The number of sulfonamides is 1. The fraction of sp³-hybridized carbons (Fsp3) is 0.333. The predicted octanol–water partition coefficient (Wildman–Crippen LogP) is 2.54. The number of nitrogens with zero attached hydrogens (tertiary/aromatic N) is 2. The molecule has 1 aliphatic rings. The number of para-hydroxylation sites is 2. The lowest BCUT2D eigenvalue weighted by molar-refractivity contribution is -0.117. The van der Waals surface area contributed by atoms with Crippen LogP contribution in [0.5, 0.6) is 5.75 Å². The molecule has 1 fully saturated rings. The standard InChI is InChI=1S/C21H25N3O5S/c1-15-13-16(10-11-17(15)23-12-6-9-21(23)26)22-20(25)14-24(30(3,27)28)18-7-4-5-8-19(18)29-2/h4-5,7-8,10-11,13H,6,9,12,14H2,1-3H3,(H,22,25). The zero-order chi connectivity index (χ0) is 21.9. The molecule has 1 saturated heterocycles. The number of methoxy groups -OCH3 is 1. The number of aryl methyl sites for hydroxylation is 1. The second-order valence-corrected chi connectivity index (χ2v) is 9.05. The van der Waals surface area contributed by atoms with E-state index in [0.717, 1.165) is 28.2 Å². The van der Waals surface area contributed by atoms with Gasteiger partial charge >= 0.3 is 0 Å². The molecule has 2 aromatic carbocycles. The van der Waals surface area contributed by atoms with E-state index in [4.69, 9.17) is 4.74 Å². The summed E-state index contributed by atoms with van der Waals surface area (Å²) in [6.07, 6.45) is 2.42. The molecule has 3 rings (SSSR count). The van der Waals surface area contributed by atoms with Crippen molar-refractivity contribution in [3.63, 3.8) is 0 Å². The summed E-state index contributed by atoms with van der Waals surface area (Å²) in [7, 11) is -2.28. The molecule has 160 valence electrons. The predicted molar refractivity (Wildman–Crippen MR) is 117 cm³/mol. The number of hydrogen-bond acceptors (Lipinski definition) is 5. The molecular formula is C21H25N3O5S. The molecule has 30 heavy (non-hydrogen) atoms. The van der Waals surface area contributed by atoms with E-state index < -0.39 is 22.5 Å². The molecule has 2 amide bonds. The average Bonchev–Trinajstić information content (AvgIpc) is 3.11. The quantitative estimate of drug-likeness (QED) is 0.727. The van der Waals surface area contributed by atoms with Crippen LogP contribution in [0.25, 0.3) is 0 Å². The van der Waals surface area contributed by atoms with Gasteiger partial charge in [0, 0.05) is 24.3 Å². The Bertz CT molecular complexity index is 1070. The SMILES string of the molecule is COc1ccccc1N(CC(=O)Nc1ccc(N2CCCC2=O)c(C)c1)S(C)(=O)=O. The van der Waals surface area contributed by atoms with E-state index in [1.165, 1.54) is 7.11 Å². The average molecular weight is 432 g/mol. The van der Waals surface area contributed by atoms with Gasteiger partial charge in [0.25, 0.3) is 0 Å². The van der Waals surface area contributed by atoms with Gasteiger partial charge in [-0.15, -0.1) is 0 Å². The van der Waals surface area contributed by atoms with E-state index in [0.29, 0.717) is 24.4 Å². The Kier molecular flexibility index (Phi) is 6.31. The van der Waals surface area contributed by atoms with Crippen LogP contribution in [0.1, 0.15) is 18.4 Å². The number of carbonyl (C=O) groups is 2. The lowest BCUT2D eigenvalue weighted by Crippen LogP contribution is -2.37. The Morgan fingerprint density at radius 3 is 2.57 bits per heavy atom. The van der Waals surface area contributed by atoms with Crippen LogP contribution in [0.15, 0.2) is 42.5 Å². The highest BCUT2D eigenvalue weighted by Gasteiger charge is 2.25. The van der Waals surface area contributed by atoms with E-state index in [2.05, 4.69) is 5.32 Å². The molecule has 8 nitrogen and oxygen atoms in total. The summed E-state index contributed by atoms with van der Waals surface area (Å²) in [5, 5.41) is 2.73. The van der Waals surface area contributed by atoms with Crippen LogP contribution >= 0.6 is 0 Å². The molecule has 0 aliphatic carbocycles. The highest BCUT2D eigenvalue weighted by atomic mass is 32.2. The van der Waals surface area contributed by atoms with E-state index in [9.17, 15) is 18.0 Å². The summed E-state index contributed by atoms with van der Waals surface area (Å²) in [4.78, 5) is 26.3. The number of ether oxygens (including phenoxy) is 1. The van der Waals surface area contributed by atoms with Gasteiger partial charge in [-0.1, -0.05) is 12.1 Å². The highest BCUT2D eigenvalue weighted by molar-refractivity contribution is 7.92. The van der Waals surface area contributed by atoms with Gasteiger partial charge in [0.05, 0.1) is 19.1 Å². The van der Waals surface area contributed by atoms with Crippen molar-refractivity contribution in [2.75, 3.05) is 41.0 Å². The zero-order valence-corrected chi connectivity index (χ0v) is 18.0. The van der Waals surface area contributed by atoms with Crippen molar-refractivity contribution < 1.29 is 22.7 Å². The molecule has 0 radical (unpaired) electrons. The minimum absolute atomic E-state index is 0.0930. The highest BCUT2D eigenvalue weighted by Crippen LogP contribution is 2.30. The molecule has 9 heteroatoms. The van der Waals surface area contributed by atoms with Crippen molar-refractivity contribution in [1.82, 2.24) is 0 Å². The number of nitrogens with one attached hydrogen (secondary N) is 1. The van der Waals surface area contributed by atoms with E-state index in [1.807, 2.05) is 6.92 Å². The maximum absolute atomic E-state index is 12.6. The Morgan fingerprint density at radius 1 is 1.23 bits per heavy atom. The van der Waals surface area contributed by atoms with Crippen molar-refractivity contribution in [3.8, 4) is 5.75 Å². The summed E-state index contributed by atoms with van der Waals surface area (Å²) in [6.45, 7) is 2.16. The Morgan fingerprint density at radius 2 is 1.97 bits per heavy atom. The van der Waals surface area contributed by atoms with Gasteiger partial charge in [-0.3, -0.25) is 13.9 Å². The molecule has 1 aliphatic heterocycles. The van der Waals surface area contributed by atoms with Gasteiger partial charge in [-0.25, -0.2) is 8.42 Å². The number of carbonyl (C=O) groups excluding carboxylic acids is 2. The van der Waals surface area contributed by atoms with E-state index in [-0.39, 0.29) is 11.6 Å². The first-order chi connectivity index (χ1) is 14.2. The second-order valence-electron chi connectivity index (χ2n) is 7.14. The summed E-state index contributed by atoms with van der Waals surface area (Å²) < 4.78 is 30.9. The van der Waals surface area contributed by atoms with Crippen LogP contribution < -0.4 is 19.3 Å². The fourth-order valence-electron chi connectivity index (χ4n) is 3.49. The van der Waals surface area contributed by atoms with Crippen molar-refractivity contribution >= 4 is 38.9 Å². The van der Waals surface area contributed by atoms with Crippen molar-refractivity contribution in [2.45, 2.75) is 19.8 Å². The van der Waals surface area contributed by atoms with Gasteiger partial charge in [-0.2, -0.15) is 0 Å². The number of amides is 2. The molecule has 0 aromatic heterocycles. The number of rotatable bonds is 7. The first-order valence-corrected chi connectivity index (χ1v) is 11.4. The lowest BCUT2D eigenvalue weighted by Gasteiger charge is -2.24. The zero-order valence-electron chi connectivity index (χ0n) is 17.2. The first-order valence-electron chi connectivity index (χ1n) is 9.52. The molecule has 0 unspecified atom stereocenters. The molecule has 2 aromatic rings. The number of hydrogen-bond donors (Lipinski definition) is 1. The normalized spacial score (nSPS) is 14.0. The maximum Gasteiger partial charge on any atom is 0.245 e. The lowest BCUT2D eigenvalue weighted by atomic mass is 10.1. The van der Waals surface area contributed by atoms with Gasteiger partial charge in [0.15, 0.2) is 0 Å². The Labute approximate surface area is 176 Å². The third-order valence-corrected chi connectivity index (χ3v) is 6.01. The van der Waals surface area contributed by atoms with E-state index >= 15 is 0 Å². The largest absolute Gasteiger partial charge is 0.495 e. The third kappa shape index (κ3) is 4.73. The van der Waals surface area contributed by atoms with Crippen molar-refractivity contribution in [3.05, 3.63) is 48.0 Å². The van der Waals surface area contributed by atoms with Crippen LogP contribution in [0.3, 0.4) is 0 Å². The first kappa shape index (κ1) is 21.6. The maximum atomic E-state index is 12.6. The summed E-state index contributed by atoms with van der Waals surface area (Å²) in [5.74, 6) is -0.0441. The van der Waals surface area contributed by atoms with Gasteiger partial charge < -0.3 is 15.0 Å². The molecule has 1 N–H and O–H groups in total. The molecular weight excluding hydrogens is 406 g/mol. The minimum atomic E-state index is -3.72. The van der Waals surface area contributed by atoms with Crippen LogP contribution in [-0.2, 0) is 19.6 Å². The molecule has 0 atom stereocenters. The molecule has 0 spiro atoms. The molecule has 0 bridgehead atoms. The summed E-state index contributed by atoms with van der Waals surface area (Å²) in [6, 6.07) is 11.9. The number of benzene rings is 2. The monoisotopic (exact) mass is 431 g/mol. The van der Waals surface area contributed by atoms with Crippen LogP contribution in [-0.4, -0.2) is 46.7 Å². The molecule has 0 saturated carbocycles. The Balaban J connectivity index is 1.78. The molecule has 1 heterocycles. The van der Waals surface area contributed by atoms with Crippen LogP contribution in [0.4, 0.5) is 17.1 Å². The topological polar surface area (TPSA) is 96.0 Å². The minimum Gasteiger partial charge on any atom is -0.495 e. The van der Waals surface area contributed by atoms with Crippen LogP contribution in [0, 0.1) is 6.92 Å². The third-order valence-electron chi connectivity index (χ3n) is 4.89. The van der Waals surface area contributed by atoms with Gasteiger partial charge in [0.2, 0.25) is 21.8 Å². The number of anilines is 3. The van der Waals surface area contributed by atoms with E-state index in [1.54, 1.807) is 47.4 Å². The van der Waals surface area contributed by atoms with Crippen LogP contribution in [0.2, 0.25) is 0 Å². The second kappa shape index (κ2) is 8.74. The van der Waals surface area contributed by atoms with Crippen molar-refractivity contribution in [2.24, 2.45) is 0 Å². The fourth-order valence-corrected chi connectivity index (χ4v) is 4.35. The summed E-state index contributed by atoms with van der Waals surface area (Å²) >= 11 is 0. The van der Waals surface area contributed by atoms with Gasteiger partial charge in [0.1, 0.15) is 12.3 Å². The van der Waals surface area contributed by atoms with Crippen molar-refractivity contribution in [1.29, 1.82) is 0 Å². The Hall–Kier alpha value is -3.07.